The van der Waals surface area contributed by atoms with Gasteiger partial charge in [0.15, 0.2) is 0 Å². The number of benzene rings is 2. The maximum atomic E-state index is 12.5. The van der Waals surface area contributed by atoms with Crippen molar-refractivity contribution in [1.29, 1.82) is 0 Å². The highest BCUT2D eigenvalue weighted by molar-refractivity contribution is 9.10. The van der Waals surface area contributed by atoms with Crippen molar-refractivity contribution in [2.45, 2.75) is 0 Å². The third-order valence-electron chi connectivity index (χ3n) is 4.32. The first kappa shape index (κ1) is 18.5. The predicted molar refractivity (Wildman–Crippen MR) is 107 cm³/mol. The highest BCUT2D eigenvalue weighted by Gasteiger charge is 2.23. The minimum absolute atomic E-state index is 0.0255. The highest BCUT2D eigenvalue weighted by Crippen LogP contribution is 2.12. The van der Waals surface area contributed by atoms with Gasteiger partial charge in [-0.3, -0.25) is 9.59 Å². The van der Waals surface area contributed by atoms with Crippen LogP contribution in [0.15, 0.2) is 59.1 Å². The molecule has 0 N–H and O–H groups in total. The SMILES string of the molecule is [B]c1ccc(C(=O)N2CCN(C(=O)/C=C/c3ccc(Br)cc3)CC2)cc1. The van der Waals surface area contributed by atoms with Gasteiger partial charge in [-0.05, 0) is 23.8 Å². The second-order valence-electron chi connectivity index (χ2n) is 6.12. The summed E-state index contributed by atoms with van der Waals surface area (Å²) in [5, 5.41) is 0. The Morgan fingerprint density at radius 1 is 0.885 bits per heavy atom. The first-order valence-electron chi connectivity index (χ1n) is 8.40. The van der Waals surface area contributed by atoms with Gasteiger partial charge in [-0.2, -0.15) is 0 Å². The molecule has 0 saturated carbocycles. The van der Waals surface area contributed by atoms with Crippen LogP contribution in [0.1, 0.15) is 15.9 Å². The molecular formula is C20H18BBrN2O2. The summed E-state index contributed by atoms with van der Waals surface area (Å²) in [4.78, 5) is 28.4. The standard InChI is InChI=1S/C20H18BBrN2O2/c21-17-6-4-16(5-7-17)20(26)24-13-11-23(12-14-24)19(25)10-3-15-1-8-18(22)9-2-15/h1-10H,11-14H2/b10-3+. The maximum absolute atomic E-state index is 12.5. The maximum Gasteiger partial charge on any atom is 0.253 e. The van der Waals surface area contributed by atoms with Crippen molar-refractivity contribution in [2.75, 3.05) is 26.2 Å². The van der Waals surface area contributed by atoms with Crippen LogP contribution in [0.5, 0.6) is 0 Å². The van der Waals surface area contributed by atoms with Gasteiger partial charge in [-0.25, -0.2) is 0 Å². The Bertz CT molecular complexity index is 811. The van der Waals surface area contributed by atoms with E-state index in [9.17, 15) is 9.59 Å². The van der Waals surface area contributed by atoms with Crippen LogP contribution in [0, 0.1) is 0 Å². The van der Waals surface area contributed by atoms with Gasteiger partial charge < -0.3 is 9.80 Å². The number of hydrogen-bond donors (Lipinski definition) is 0. The lowest BCUT2D eigenvalue weighted by atomic mass is 9.95. The third-order valence-corrected chi connectivity index (χ3v) is 4.85. The summed E-state index contributed by atoms with van der Waals surface area (Å²) in [6, 6.07) is 14.7. The molecule has 0 aromatic heterocycles. The van der Waals surface area contributed by atoms with E-state index < -0.39 is 0 Å². The molecule has 2 aromatic rings. The zero-order valence-electron chi connectivity index (χ0n) is 14.3. The van der Waals surface area contributed by atoms with E-state index >= 15 is 0 Å². The number of hydrogen-bond acceptors (Lipinski definition) is 2. The summed E-state index contributed by atoms with van der Waals surface area (Å²) in [5.41, 5.74) is 2.22. The van der Waals surface area contributed by atoms with Crippen molar-refractivity contribution in [3.05, 3.63) is 70.2 Å². The molecule has 4 nitrogen and oxygen atoms in total. The summed E-state index contributed by atoms with van der Waals surface area (Å²) in [6.45, 7) is 2.12. The van der Waals surface area contributed by atoms with Crippen LogP contribution in [0.3, 0.4) is 0 Å². The highest BCUT2D eigenvalue weighted by atomic mass is 79.9. The van der Waals surface area contributed by atoms with E-state index in [1.165, 1.54) is 0 Å². The summed E-state index contributed by atoms with van der Waals surface area (Å²) in [5.74, 6) is -0.0602. The molecule has 130 valence electrons. The van der Waals surface area contributed by atoms with E-state index in [-0.39, 0.29) is 11.8 Å². The Balaban J connectivity index is 1.54. The van der Waals surface area contributed by atoms with E-state index in [1.807, 2.05) is 24.3 Å². The number of halogens is 1. The van der Waals surface area contributed by atoms with Gasteiger partial charge >= 0.3 is 0 Å². The van der Waals surface area contributed by atoms with E-state index in [0.29, 0.717) is 37.2 Å². The van der Waals surface area contributed by atoms with Gasteiger partial charge in [0.1, 0.15) is 7.85 Å². The van der Waals surface area contributed by atoms with Crippen LogP contribution in [-0.4, -0.2) is 55.6 Å². The van der Waals surface area contributed by atoms with Crippen LogP contribution in [0.25, 0.3) is 6.08 Å². The quantitative estimate of drug-likeness (QED) is 0.577. The molecule has 1 aliphatic rings. The van der Waals surface area contributed by atoms with E-state index in [0.717, 1.165) is 10.0 Å². The molecule has 2 aromatic carbocycles. The van der Waals surface area contributed by atoms with Gasteiger partial charge in [0.25, 0.3) is 5.91 Å². The average molecular weight is 409 g/mol. The second kappa shape index (κ2) is 8.36. The van der Waals surface area contributed by atoms with Gasteiger partial charge in [0.2, 0.25) is 5.91 Å². The summed E-state index contributed by atoms with van der Waals surface area (Å²) in [6.07, 6.45) is 3.39. The van der Waals surface area contributed by atoms with Crippen molar-refractivity contribution in [2.24, 2.45) is 0 Å². The summed E-state index contributed by atoms with van der Waals surface area (Å²) in [7, 11) is 5.66. The molecule has 0 bridgehead atoms. The number of piperazine rings is 1. The lowest BCUT2D eigenvalue weighted by molar-refractivity contribution is -0.127. The smallest absolute Gasteiger partial charge is 0.253 e. The minimum atomic E-state index is -0.0347. The van der Waals surface area contributed by atoms with Crippen LogP contribution < -0.4 is 5.46 Å². The summed E-state index contributed by atoms with van der Waals surface area (Å²) < 4.78 is 1.00. The Morgan fingerprint density at radius 2 is 1.46 bits per heavy atom. The largest absolute Gasteiger partial charge is 0.336 e. The van der Waals surface area contributed by atoms with Crippen LogP contribution in [0.2, 0.25) is 0 Å². The van der Waals surface area contributed by atoms with Crippen molar-refractivity contribution >= 4 is 47.1 Å². The molecule has 2 radical (unpaired) electrons. The van der Waals surface area contributed by atoms with Crippen molar-refractivity contribution in [3.8, 4) is 0 Å². The third kappa shape index (κ3) is 4.64. The first-order chi connectivity index (χ1) is 12.5. The zero-order valence-corrected chi connectivity index (χ0v) is 15.9. The molecule has 0 unspecified atom stereocenters. The lowest BCUT2D eigenvalue weighted by Gasteiger charge is -2.34. The van der Waals surface area contributed by atoms with Crippen molar-refractivity contribution < 1.29 is 9.59 Å². The van der Waals surface area contributed by atoms with Crippen molar-refractivity contribution in [1.82, 2.24) is 9.80 Å². The Morgan fingerprint density at radius 3 is 2.08 bits per heavy atom. The lowest BCUT2D eigenvalue weighted by Crippen LogP contribution is -2.50. The molecule has 1 aliphatic heterocycles. The fourth-order valence-corrected chi connectivity index (χ4v) is 3.05. The molecule has 0 spiro atoms. The molecule has 1 saturated heterocycles. The number of carbonyl (C=O) groups excluding carboxylic acids is 2. The molecule has 0 aliphatic carbocycles. The fourth-order valence-electron chi connectivity index (χ4n) is 2.79. The average Bonchev–Trinajstić information content (AvgIpc) is 2.67. The van der Waals surface area contributed by atoms with Crippen LogP contribution >= 0.6 is 15.9 Å². The topological polar surface area (TPSA) is 40.6 Å². The molecule has 1 fully saturated rings. The van der Waals surface area contributed by atoms with E-state index in [2.05, 4.69) is 15.9 Å². The molecule has 3 rings (SSSR count). The molecule has 2 amide bonds. The number of nitrogens with zero attached hydrogens (tertiary/aromatic N) is 2. The fraction of sp³-hybridized carbons (Fsp3) is 0.200. The molecule has 1 heterocycles. The Labute approximate surface area is 163 Å². The Hall–Kier alpha value is -2.34. The normalized spacial score (nSPS) is 14.7. The number of amides is 2. The van der Waals surface area contributed by atoms with Gasteiger partial charge in [-0.15, -0.1) is 0 Å². The van der Waals surface area contributed by atoms with Crippen LogP contribution in [0.4, 0.5) is 0 Å². The zero-order chi connectivity index (χ0) is 18.5. The van der Waals surface area contributed by atoms with E-state index in [1.54, 1.807) is 46.2 Å². The van der Waals surface area contributed by atoms with Gasteiger partial charge in [-0.1, -0.05) is 57.8 Å². The monoisotopic (exact) mass is 408 g/mol. The second-order valence-corrected chi connectivity index (χ2v) is 7.04. The van der Waals surface area contributed by atoms with Gasteiger partial charge in [0.05, 0.1) is 0 Å². The van der Waals surface area contributed by atoms with E-state index in [4.69, 9.17) is 7.85 Å². The molecule has 26 heavy (non-hydrogen) atoms. The number of carbonyl (C=O) groups is 2. The Kier molecular flexibility index (Phi) is 5.94. The minimum Gasteiger partial charge on any atom is -0.336 e. The van der Waals surface area contributed by atoms with Crippen LogP contribution in [-0.2, 0) is 4.79 Å². The molecule has 6 heteroatoms. The first-order valence-corrected chi connectivity index (χ1v) is 9.19. The molecular weight excluding hydrogens is 391 g/mol. The summed E-state index contributed by atoms with van der Waals surface area (Å²) >= 11 is 3.39. The van der Waals surface area contributed by atoms with Gasteiger partial charge in [0, 0.05) is 42.3 Å². The van der Waals surface area contributed by atoms with Crippen molar-refractivity contribution in [3.63, 3.8) is 0 Å². The predicted octanol–water partition coefficient (Wildman–Crippen LogP) is 2.24. The number of rotatable bonds is 3. The molecule has 0 atom stereocenters.